The molecular formula is C108H73ClN4O2. The third-order valence-electron chi connectivity index (χ3n) is 21.9. The van der Waals surface area contributed by atoms with Crippen LogP contribution in [0.5, 0.6) is 0 Å². The Kier molecular flexibility index (Phi) is 18.3. The molecule has 0 fully saturated rings. The minimum atomic E-state index is 0.736. The van der Waals surface area contributed by atoms with Crippen molar-refractivity contribution in [3.05, 3.63) is 442 Å². The topological polar surface area (TPSA) is 51.4 Å². The summed E-state index contributed by atoms with van der Waals surface area (Å²) in [5.74, 6) is 0. The molecule has 544 valence electrons. The molecule has 0 saturated heterocycles. The molecule has 0 aliphatic carbocycles. The predicted molar refractivity (Wildman–Crippen MR) is 485 cm³/mol. The van der Waals surface area contributed by atoms with E-state index in [9.17, 15) is 0 Å². The number of halogens is 1. The summed E-state index contributed by atoms with van der Waals surface area (Å²) < 4.78 is 18.0. The Morgan fingerprint density at radius 3 is 0.861 bits per heavy atom. The second kappa shape index (κ2) is 30.4. The highest BCUT2D eigenvalue weighted by molar-refractivity contribution is 6.41. The van der Waals surface area contributed by atoms with Crippen molar-refractivity contribution in [1.29, 1.82) is 0 Å². The Bertz CT molecular complexity index is 7050. The highest BCUT2D eigenvalue weighted by atomic mass is 35.5. The van der Waals surface area contributed by atoms with Crippen molar-refractivity contribution < 1.29 is 8.83 Å². The van der Waals surface area contributed by atoms with Gasteiger partial charge in [0.1, 0.15) is 11.2 Å². The molecule has 6 nitrogen and oxygen atoms in total. The Labute approximate surface area is 671 Å². The van der Waals surface area contributed by atoms with Crippen LogP contribution in [0.3, 0.4) is 0 Å². The number of nitrogens with zero attached hydrogens (tertiary/aromatic N) is 3. The van der Waals surface area contributed by atoms with Gasteiger partial charge in [-0.05, 0) is 176 Å². The molecule has 0 aliphatic rings. The van der Waals surface area contributed by atoms with Crippen LogP contribution in [0.15, 0.2) is 446 Å². The molecule has 115 heavy (non-hydrogen) atoms. The highest BCUT2D eigenvalue weighted by Gasteiger charge is 2.28. The van der Waals surface area contributed by atoms with Crippen LogP contribution in [0, 0.1) is 0 Å². The molecule has 7 heteroatoms. The van der Waals surface area contributed by atoms with E-state index in [4.69, 9.17) is 20.4 Å². The number of benzene rings is 18. The molecule has 0 bridgehead atoms. The van der Waals surface area contributed by atoms with Crippen LogP contribution in [0.25, 0.3) is 166 Å². The van der Waals surface area contributed by atoms with Gasteiger partial charge in [0, 0.05) is 77.2 Å². The summed E-state index contributed by atoms with van der Waals surface area (Å²) in [5, 5.41) is 12.9. The van der Waals surface area contributed by atoms with E-state index >= 15 is 0 Å². The van der Waals surface area contributed by atoms with Crippen molar-refractivity contribution in [3.8, 4) is 78.1 Å². The molecule has 0 unspecified atom stereocenters. The molecule has 0 atom stereocenters. The van der Waals surface area contributed by atoms with Crippen molar-refractivity contribution in [3.63, 3.8) is 0 Å². The third-order valence-corrected chi connectivity index (χ3v) is 22.2. The van der Waals surface area contributed by atoms with E-state index in [1.807, 2.05) is 42.5 Å². The molecular weight excluding hydrogens is 1420 g/mol. The fourth-order valence-electron chi connectivity index (χ4n) is 16.4. The monoisotopic (exact) mass is 1490 g/mol. The van der Waals surface area contributed by atoms with E-state index in [0.29, 0.717) is 0 Å². The highest BCUT2D eigenvalue weighted by Crippen LogP contribution is 2.50. The number of aromatic nitrogens is 2. The molecule has 0 saturated carbocycles. The first-order valence-corrected chi connectivity index (χ1v) is 39.3. The summed E-state index contributed by atoms with van der Waals surface area (Å²) >= 11 is 6.92. The number of nitrogens with one attached hydrogen (secondary N) is 1. The van der Waals surface area contributed by atoms with Crippen LogP contribution in [-0.2, 0) is 0 Å². The Hall–Kier alpha value is -15.0. The maximum atomic E-state index is 6.92. The lowest BCUT2D eigenvalue weighted by molar-refractivity contribution is 0.670. The minimum absolute atomic E-state index is 0.736. The van der Waals surface area contributed by atoms with Crippen LogP contribution in [0.1, 0.15) is 0 Å². The van der Waals surface area contributed by atoms with E-state index in [0.717, 1.165) is 132 Å². The minimum Gasteiger partial charge on any atom is -0.454 e. The average Bonchev–Trinajstić information content (AvgIpc) is 1.55. The van der Waals surface area contributed by atoms with Crippen LogP contribution < -0.4 is 10.2 Å². The first kappa shape index (κ1) is 69.3. The van der Waals surface area contributed by atoms with Gasteiger partial charge in [-0.3, -0.25) is 0 Å². The van der Waals surface area contributed by atoms with E-state index in [-0.39, 0.29) is 0 Å². The van der Waals surface area contributed by atoms with E-state index < -0.39 is 0 Å². The van der Waals surface area contributed by atoms with Crippen LogP contribution in [-0.4, -0.2) is 9.13 Å². The van der Waals surface area contributed by atoms with Crippen molar-refractivity contribution in [2.24, 2.45) is 0 Å². The van der Waals surface area contributed by atoms with Crippen molar-refractivity contribution >= 4 is 128 Å². The van der Waals surface area contributed by atoms with Crippen molar-refractivity contribution in [2.45, 2.75) is 0 Å². The van der Waals surface area contributed by atoms with Crippen LogP contribution in [0.4, 0.5) is 28.4 Å². The summed E-state index contributed by atoms with van der Waals surface area (Å²) in [6, 6.07) is 154. The predicted octanol–water partition coefficient (Wildman–Crippen LogP) is 30.9. The largest absolute Gasteiger partial charge is 0.454 e. The normalized spacial score (nSPS) is 11.3. The number of hydrogen-bond donors (Lipinski definition) is 1. The summed E-state index contributed by atoms with van der Waals surface area (Å²) in [6.07, 6.45) is 0. The van der Waals surface area contributed by atoms with E-state index in [2.05, 4.69) is 414 Å². The number of furan rings is 2. The Morgan fingerprint density at radius 1 is 0.235 bits per heavy atom. The molecule has 18 aromatic carbocycles. The molecule has 4 heterocycles. The molecule has 0 spiro atoms. The number of para-hydroxylation sites is 4. The fourth-order valence-corrected chi connectivity index (χ4v) is 16.7. The molecule has 1 N–H and O–H groups in total. The van der Waals surface area contributed by atoms with Gasteiger partial charge in [-0.2, -0.15) is 0 Å². The van der Waals surface area contributed by atoms with Gasteiger partial charge in [0.2, 0.25) is 0 Å². The quantitative estimate of drug-likeness (QED) is 0.125. The summed E-state index contributed by atoms with van der Waals surface area (Å²) in [4.78, 5) is 2.42. The van der Waals surface area contributed by atoms with Gasteiger partial charge in [-0.25, -0.2) is 0 Å². The first-order valence-electron chi connectivity index (χ1n) is 38.9. The molecule has 22 rings (SSSR count). The van der Waals surface area contributed by atoms with Crippen molar-refractivity contribution in [2.75, 3.05) is 10.2 Å². The third kappa shape index (κ3) is 13.3. The Balaban J connectivity index is 0.000000124. The van der Waals surface area contributed by atoms with Crippen LogP contribution >= 0.6 is 11.6 Å². The van der Waals surface area contributed by atoms with Gasteiger partial charge in [0.25, 0.3) is 0 Å². The molecule has 0 amide bonds. The van der Waals surface area contributed by atoms with E-state index in [1.165, 1.54) is 66.8 Å². The standard InChI is InChI=1S/C54H36N2O.C30H18ClNO.C24H19N/c1-4-14-37(15-5-1)40-24-30-43(31-25-40)55(44-32-26-41(27-33-44)38-16-6-2-7-17-38)50-36-48-46-20-11-13-23-51(46)57-54(48)53-52(50)47-21-10-12-22-49(47)56(53)45-34-28-42(29-35-45)39-18-8-3-9-19-39;31-25-18-24-22-10-5-7-13-27(22)33-30(24)29-28(25)23-11-4-6-12-26(23)32(29)21-16-14-20(15-17-21)19-8-2-1-3-9-19;1-3-7-19(8-4-1)21-11-15-23(16-12-21)25-24-17-13-22(14-18-24)20-9-5-2-6-10-20/h1-36H;1-18H;1-18,25H. The number of hydrogen-bond acceptors (Lipinski definition) is 4. The maximum Gasteiger partial charge on any atom is 0.160 e. The van der Waals surface area contributed by atoms with Gasteiger partial charge in [0.15, 0.2) is 11.2 Å². The smallest absolute Gasteiger partial charge is 0.160 e. The van der Waals surface area contributed by atoms with Gasteiger partial charge in [-0.15, -0.1) is 0 Å². The fraction of sp³-hybridized carbons (Fsp3) is 0. The van der Waals surface area contributed by atoms with Crippen molar-refractivity contribution in [1.82, 2.24) is 9.13 Å². The molecule has 4 aromatic heterocycles. The zero-order valence-electron chi connectivity index (χ0n) is 62.6. The van der Waals surface area contributed by atoms with Gasteiger partial charge >= 0.3 is 0 Å². The molecule has 22 aromatic rings. The van der Waals surface area contributed by atoms with Crippen LogP contribution in [0.2, 0.25) is 5.02 Å². The maximum absolute atomic E-state index is 6.92. The number of fused-ring (bicyclic) bond motifs is 14. The average molecular weight is 1490 g/mol. The summed E-state index contributed by atoms with van der Waals surface area (Å²) in [7, 11) is 0. The lowest BCUT2D eigenvalue weighted by Crippen LogP contribution is -2.10. The molecule has 0 aliphatic heterocycles. The summed E-state index contributed by atoms with van der Waals surface area (Å²) in [5.41, 5.74) is 29.7. The first-order chi connectivity index (χ1) is 57.0. The SMILES string of the molecule is Clc1cc2c3ccccc3oc2c2c1c1ccccc1n2-c1ccc(-c2ccccc2)cc1.c1ccc(-c2ccc(N(c3ccc(-c4ccccc4)cc3)c3cc4c5ccccc5oc4c4c3c3ccccc3n4-c3ccc(-c4ccccc4)cc3)cc2)cc1.c1ccc(-c2ccc(Nc3ccc(-c4ccccc4)cc3)cc2)cc1. The van der Waals surface area contributed by atoms with Gasteiger partial charge in [-0.1, -0.05) is 339 Å². The number of anilines is 5. The number of rotatable bonds is 13. The zero-order valence-corrected chi connectivity index (χ0v) is 63.4. The molecule has 0 radical (unpaired) electrons. The zero-order chi connectivity index (χ0) is 76.5. The second-order valence-corrected chi connectivity index (χ2v) is 29.3. The van der Waals surface area contributed by atoms with Gasteiger partial charge in [0.05, 0.1) is 32.8 Å². The Morgan fingerprint density at radius 2 is 0.504 bits per heavy atom. The second-order valence-electron chi connectivity index (χ2n) is 28.9. The lowest BCUT2D eigenvalue weighted by Gasteiger charge is -2.27. The summed E-state index contributed by atoms with van der Waals surface area (Å²) in [6.45, 7) is 0. The lowest BCUT2D eigenvalue weighted by atomic mass is 10.0. The van der Waals surface area contributed by atoms with E-state index in [1.54, 1.807) is 0 Å². The van der Waals surface area contributed by atoms with Gasteiger partial charge < -0.3 is 28.2 Å².